The van der Waals surface area contributed by atoms with Crippen molar-refractivity contribution in [1.29, 1.82) is 5.26 Å². The number of rotatable bonds is 9. The minimum atomic E-state index is -1.05. The maximum absolute atomic E-state index is 13.0. The molecule has 2 N–H and O–H groups in total. The maximum Gasteiger partial charge on any atom is 0.408 e. The number of nitrogens with one attached hydrogen (secondary N) is 2. The summed E-state index contributed by atoms with van der Waals surface area (Å²) >= 11 is 0. The smallest absolute Gasteiger partial charge is 0.408 e. The first-order valence-electron chi connectivity index (χ1n) is 10.1. The lowest BCUT2D eigenvalue weighted by Crippen LogP contribution is -2.48. The number of ether oxygens (including phenoxy) is 1. The van der Waals surface area contributed by atoms with E-state index >= 15 is 0 Å². The van der Waals surface area contributed by atoms with Crippen molar-refractivity contribution in [3.63, 3.8) is 0 Å². The van der Waals surface area contributed by atoms with Gasteiger partial charge in [-0.1, -0.05) is 31.4 Å². The van der Waals surface area contributed by atoms with Crippen molar-refractivity contribution < 1.29 is 19.1 Å². The highest BCUT2D eigenvalue weighted by Crippen LogP contribution is 2.22. The zero-order valence-electron chi connectivity index (χ0n) is 18.5. The average molecular weight is 427 g/mol. The molecule has 1 aromatic rings. The number of terminal acetylenes is 1. The molecule has 3 amide bonds. The van der Waals surface area contributed by atoms with Crippen LogP contribution in [0.5, 0.6) is 0 Å². The summed E-state index contributed by atoms with van der Waals surface area (Å²) in [5, 5.41) is 14.5. The molecule has 1 unspecified atom stereocenters. The van der Waals surface area contributed by atoms with Gasteiger partial charge < -0.3 is 20.3 Å². The van der Waals surface area contributed by atoms with Crippen LogP contribution in [0, 0.1) is 23.7 Å². The second-order valence-electron chi connectivity index (χ2n) is 7.85. The minimum Gasteiger partial charge on any atom is -0.444 e. The van der Waals surface area contributed by atoms with Gasteiger partial charge in [0.2, 0.25) is 11.8 Å². The van der Waals surface area contributed by atoms with E-state index in [2.05, 4.69) is 16.6 Å². The van der Waals surface area contributed by atoms with Gasteiger partial charge in [-0.2, -0.15) is 5.26 Å². The highest BCUT2D eigenvalue weighted by atomic mass is 16.6. The summed E-state index contributed by atoms with van der Waals surface area (Å²) in [7, 11) is 0. The van der Waals surface area contributed by atoms with E-state index < -0.39 is 36.1 Å². The van der Waals surface area contributed by atoms with Crippen LogP contribution in [0.25, 0.3) is 0 Å². The van der Waals surface area contributed by atoms with Crippen molar-refractivity contribution in [3.8, 4) is 18.4 Å². The molecule has 0 aliphatic rings. The Bertz CT molecular complexity index is 844. The van der Waals surface area contributed by atoms with Crippen molar-refractivity contribution in [2.45, 2.75) is 52.2 Å². The number of benzene rings is 1. The van der Waals surface area contributed by atoms with E-state index in [0.29, 0.717) is 17.7 Å². The van der Waals surface area contributed by atoms with Crippen LogP contribution in [0.15, 0.2) is 24.3 Å². The zero-order chi connectivity index (χ0) is 23.4. The summed E-state index contributed by atoms with van der Waals surface area (Å²) < 4.78 is 5.13. The number of hydrogen-bond donors (Lipinski definition) is 2. The quantitative estimate of drug-likeness (QED) is 0.358. The summed E-state index contributed by atoms with van der Waals surface area (Å²) in [5.74, 6) is 1.49. The van der Waals surface area contributed by atoms with Gasteiger partial charge in [-0.25, -0.2) is 4.79 Å². The molecule has 0 saturated carbocycles. The number of nitrogens with zero attached hydrogens (tertiary/aromatic N) is 2. The van der Waals surface area contributed by atoms with Crippen LogP contribution in [0.2, 0.25) is 0 Å². The fourth-order valence-corrected chi connectivity index (χ4v) is 2.68. The van der Waals surface area contributed by atoms with Crippen LogP contribution in [-0.4, -0.2) is 48.0 Å². The van der Waals surface area contributed by atoms with Gasteiger partial charge in [0.15, 0.2) is 0 Å². The summed E-state index contributed by atoms with van der Waals surface area (Å²) in [6.45, 7) is 6.79. The van der Waals surface area contributed by atoms with E-state index in [1.54, 1.807) is 45.0 Å². The third-order valence-electron chi connectivity index (χ3n) is 4.13. The number of hydrogen-bond acceptors (Lipinski definition) is 5. The number of unbranched alkanes of at least 4 members (excludes halogenated alkanes) is 1. The first kappa shape index (κ1) is 25.5. The molecule has 166 valence electrons. The van der Waals surface area contributed by atoms with Crippen molar-refractivity contribution in [1.82, 2.24) is 15.5 Å². The second-order valence-corrected chi connectivity index (χ2v) is 7.85. The molecule has 0 spiro atoms. The zero-order valence-corrected chi connectivity index (χ0v) is 18.5. The van der Waals surface area contributed by atoms with Crippen LogP contribution < -0.4 is 10.6 Å². The number of amides is 3. The summed E-state index contributed by atoms with van der Waals surface area (Å²) in [6, 6.07) is 7.50. The van der Waals surface area contributed by atoms with Gasteiger partial charge in [0.25, 0.3) is 0 Å². The normalized spacial score (nSPS) is 11.4. The lowest BCUT2D eigenvalue weighted by molar-refractivity contribution is -0.139. The molecular weight excluding hydrogens is 396 g/mol. The Hall–Kier alpha value is -3.52. The molecule has 0 aliphatic carbocycles. The standard InChI is InChI=1S/C23H30N4O4/c1-6-8-14-25-21(29)20(18-11-9-17(7-2)10-12-18)27(15-13-24)19(28)16-26-22(30)31-23(3,4)5/h2,9-12,20H,6,8,14-16H2,1,3-5H3,(H,25,29)(H,26,30). The van der Waals surface area contributed by atoms with E-state index in [1.165, 1.54) is 0 Å². The van der Waals surface area contributed by atoms with E-state index in [-0.39, 0.29) is 6.54 Å². The van der Waals surface area contributed by atoms with Crippen LogP contribution in [-0.2, 0) is 14.3 Å². The predicted octanol–water partition coefficient (Wildman–Crippen LogP) is 2.50. The highest BCUT2D eigenvalue weighted by Gasteiger charge is 2.31. The Labute approximate surface area is 183 Å². The van der Waals surface area contributed by atoms with Gasteiger partial charge in [-0.05, 0) is 44.9 Å². The van der Waals surface area contributed by atoms with Crippen molar-refractivity contribution in [3.05, 3.63) is 35.4 Å². The Morgan fingerprint density at radius 2 is 1.84 bits per heavy atom. The number of carbonyl (C=O) groups excluding carboxylic acids is 3. The predicted molar refractivity (Wildman–Crippen MR) is 117 cm³/mol. The average Bonchev–Trinajstić information content (AvgIpc) is 2.71. The van der Waals surface area contributed by atoms with E-state index in [9.17, 15) is 19.6 Å². The SMILES string of the molecule is C#Cc1ccc(C(C(=O)NCCCC)N(CC#N)C(=O)CNC(=O)OC(C)(C)C)cc1. The van der Waals surface area contributed by atoms with Crippen LogP contribution in [0.4, 0.5) is 4.79 Å². The Morgan fingerprint density at radius 3 is 2.35 bits per heavy atom. The molecule has 0 aromatic heterocycles. The third kappa shape index (κ3) is 8.79. The van der Waals surface area contributed by atoms with Gasteiger partial charge in [-0.3, -0.25) is 9.59 Å². The van der Waals surface area contributed by atoms with Gasteiger partial charge in [-0.15, -0.1) is 6.42 Å². The molecule has 0 saturated heterocycles. The summed E-state index contributed by atoms with van der Waals surface area (Å²) in [6.07, 6.45) is 6.30. The van der Waals surface area contributed by atoms with Crippen molar-refractivity contribution >= 4 is 17.9 Å². The molecule has 1 rings (SSSR count). The molecule has 31 heavy (non-hydrogen) atoms. The Kier molecular flexibility index (Phi) is 10.1. The number of carbonyl (C=O) groups is 3. The van der Waals surface area contributed by atoms with Crippen LogP contribution in [0.3, 0.4) is 0 Å². The maximum atomic E-state index is 13.0. The molecule has 0 aliphatic heterocycles. The first-order chi connectivity index (χ1) is 14.6. The van der Waals surface area contributed by atoms with Gasteiger partial charge in [0.05, 0.1) is 6.07 Å². The Balaban J connectivity index is 3.11. The summed E-state index contributed by atoms with van der Waals surface area (Å²) in [4.78, 5) is 38.8. The molecule has 0 fully saturated rings. The van der Waals surface area contributed by atoms with Crippen LogP contribution in [0.1, 0.15) is 57.7 Å². The van der Waals surface area contributed by atoms with Crippen LogP contribution >= 0.6 is 0 Å². The topological polar surface area (TPSA) is 112 Å². The second kappa shape index (κ2) is 12.2. The largest absolute Gasteiger partial charge is 0.444 e. The molecule has 1 atom stereocenters. The monoisotopic (exact) mass is 426 g/mol. The lowest BCUT2D eigenvalue weighted by atomic mass is 10.0. The molecule has 1 aromatic carbocycles. The lowest BCUT2D eigenvalue weighted by Gasteiger charge is -2.29. The fourth-order valence-electron chi connectivity index (χ4n) is 2.68. The third-order valence-corrected chi connectivity index (χ3v) is 4.13. The fraction of sp³-hybridized carbons (Fsp3) is 0.478. The van der Waals surface area contributed by atoms with Gasteiger partial charge in [0, 0.05) is 12.1 Å². The number of nitriles is 1. The van der Waals surface area contributed by atoms with Crippen molar-refractivity contribution in [2.75, 3.05) is 19.6 Å². The molecule has 0 heterocycles. The molecule has 0 bridgehead atoms. The minimum absolute atomic E-state index is 0.336. The summed E-state index contributed by atoms with van der Waals surface area (Å²) in [5.41, 5.74) is 0.410. The molecule has 0 radical (unpaired) electrons. The molecule has 8 heteroatoms. The van der Waals surface area contributed by atoms with E-state index in [1.807, 2.05) is 13.0 Å². The van der Waals surface area contributed by atoms with Gasteiger partial charge >= 0.3 is 6.09 Å². The van der Waals surface area contributed by atoms with Crippen molar-refractivity contribution in [2.24, 2.45) is 0 Å². The van der Waals surface area contributed by atoms with E-state index in [0.717, 1.165) is 17.7 Å². The van der Waals surface area contributed by atoms with E-state index in [4.69, 9.17) is 11.2 Å². The molecular formula is C23H30N4O4. The first-order valence-corrected chi connectivity index (χ1v) is 10.1. The Morgan fingerprint density at radius 1 is 1.19 bits per heavy atom. The van der Waals surface area contributed by atoms with Gasteiger partial charge in [0.1, 0.15) is 24.7 Å². The number of alkyl carbamates (subject to hydrolysis) is 1. The molecule has 8 nitrogen and oxygen atoms in total. The highest BCUT2D eigenvalue weighted by molar-refractivity contribution is 5.90.